The molecule has 22 heavy (non-hydrogen) atoms. The van der Waals surface area contributed by atoms with Crippen molar-refractivity contribution >= 4 is 28.3 Å². The van der Waals surface area contributed by atoms with Crippen molar-refractivity contribution in [1.82, 2.24) is 10.2 Å². The van der Waals surface area contributed by atoms with E-state index in [4.69, 9.17) is 9.47 Å². The average molecular weight is 392 g/mol. The van der Waals surface area contributed by atoms with Crippen molar-refractivity contribution in [2.24, 2.45) is 5.92 Å². The molecule has 0 spiro atoms. The second-order valence-corrected chi connectivity index (χ2v) is 6.79. The minimum atomic E-state index is 0. The molecule has 2 unspecified atom stereocenters. The largest absolute Gasteiger partial charge is 0.493 e. The van der Waals surface area contributed by atoms with Gasteiger partial charge in [-0.2, -0.15) is 0 Å². The number of piperidine rings is 1. The second-order valence-electron chi connectivity index (χ2n) is 5.93. The lowest BCUT2D eigenvalue weighted by Crippen LogP contribution is -2.43. The maximum Gasteiger partial charge on any atom is 0.161 e. The molecule has 2 aliphatic heterocycles. The summed E-state index contributed by atoms with van der Waals surface area (Å²) in [6.45, 7) is 4.50. The van der Waals surface area contributed by atoms with Gasteiger partial charge in [-0.3, -0.25) is 4.90 Å². The van der Waals surface area contributed by atoms with Gasteiger partial charge in [0.15, 0.2) is 11.5 Å². The molecule has 0 radical (unpaired) electrons. The van der Waals surface area contributed by atoms with Gasteiger partial charge in [0.1, 0.15) is 0 Å². The Hall–Kier alpha value is -0.490. The van der Waals surface area contributed by atoms with Gasteiger partial charge in [-0.25, -0.2) is 0 Å². The molecule has 2 fully saturated rings. The van der Waals surface area contributed by atoms with Gasteiger partial charge < -0.3 is 14.8 Å². The van der Waals surface area contributed by atoms with E-state index in [1.54, 1.807) is 14.2 Å². The number of hydrogen-bond acceptors (Lipinski definition) is 4. The molecule has 0 bridgehead atoms. The van der Waals surface area contributed by atoms with Gasteiger partial charge in [-0.05, 0) is 49.5 Å². The molecule has 124 valence electrons. The van der Waals surface area contributed by atoms with E-state index in [9.17, 15) is 0 Å². The van der Waals surface area contributed by atoms with Crippen molar-refractivity contribution < 1.29 is 9.47 Å². The predicted molar refractivity (Wildman–Crippen MR) is 94.3 cm³/mol. The Balaban J connectivity index is 0.00000176. The van der Waals surface area contributed by atoms with Crippen molar-refractivity contribution in [3.63, 3.8) is 0 Å². The molecular formula is C16H24BrClN2O2. The summed E-state index contributed by atoms with van der Waals surface area (Å²) in [4.78, 5) is 2.56. The molecule has 0 amide bonds. The van der Waals surface area contributed by atoms with Gasteiger partial charge in [0.25, 0.3) is 0 Å². The summed E-state index contributed by atoms with van der Waals surface area (Å²) in [7, 11) is 3.35. The third-order valence-electron chi connectivity index (χ3n) is 4.69. The van der Waals surface area contributed by atoms with Gasteiger partial charge in [-0.1, -0.05) is 15.9 Å². The van der Waals surface area contributed by atoms with Gasteiger partial charge >= 0.3 is 0 Å². The molecule has 2 saturated heterocycles. The summed E-state index contributed by atoms with van der Waals surface area (Å²) in [6.07, 6.45) is 2.57. The molecule has 0 saturated carbocycles. The Kier molecular flexibility index (Phi) is 6.38. The molecular weight excluding hydrogens is 368 g/mol. The van der Waals surface area contributed by atoms with Crippen LogP contribution in [0.1, 0.15) is 18.4 Å². The van der Waals surface area contributed by atoms with E-state index in [1.807, 2.05) is 6.07 Å². The van der Waals surface area contributed by atoms with E-state index in [0.717, 1.165) is 41.0 Å². The van der Waals surface area contributed by atoms with Crippen LogP contribution in [0.4, 0.5) is 0 Å². The summed E-state index contributed by atoms with van der Waals surface area (Å²) in [6, 6.07) is 4.83. The van der Waals surface area contributed by atoms with Crippen molar-refractivity contribution in [3.8, 4) is 11.5 Å². The Morgan fingerprint density at radius 3 is 2.68 bits per heavy atom. The third-order valence-corrected chi connectivity index (χ3v) is 5.42. The van der Waals surface area contributed by atoms with Crippen LogP contribution >= 0.6 is 28.3 Å². The number of hydrogen-bond donors (Lipinski definition) is 1. The van der Waals surface area contributed by atoms with E-state index < -0.39 is 0 Å². The Morgan fingerprint density at radius 1 is 1.23 bits per heavy atom. The van der Waals surface area contributed by atoms with Crippen molar-refractivity contribution in [3.05, 3.63) is 22.2 Å². The number of benzene rings is 1. The van der Waals surface area contributed by atoms with Crippen LogP contribution in [-0.2, 0) is 6.54 Å². The first-order valence-corrected chi connectivity index (χ1v) is 8.36. The first-order chi connectivity index (χ1) is 10.2. The number of nitrogens with one attached hydrogen (secondary N) is 1. The Labute approximate surface area is 147 Å². The minimum absolute atomic E-state index is 0. The predicted octanol–water partition coefficient (Wildman–Crippen LogP) is 3.07. The molecule has 2 atom stereocenters. The zero-order valence-corrected chi connectivity index (χ0v) is 15.5. The topological polar surface area (TPSA) is 33.7 Å². The van der Waals surface area contributed by atoms with Crippen LogP contribution in [0, 0.1) is 5.92 Å². The van der Waals surface area contributed by atoms with Gasteiger partial charge in [-0.15, -0.1) is 12.4 Å². The zero-order valence-electron chi connectivity index (χ0n) is 13.1. The van der Waals surface area contributed by atoms with Crippen LogP contribution in [-0.4, -0.2) is 44.8 Å². The number of nitrogens with zero attached hydrogens (tertiary/aromatic N) is 1. The van der Waals surface area contributed by atoms with Gasteiger partial charge in [0.2, 0.25) is 0 Å². The fraction of sp³-hybridized carbons (Fsp3) is 0.625. The number of methoxy groups -OCH3 is 2. The van der Waals surface area contributed by atoms with Crippen molar-refractivity contribution in [2.75, 3.05) is 33.9 Å². The minimum Gasteiger partial charge on any atom is -0.493 e. The normalized spacial score (nSPS) is 24.5. The zero-order chi connectivity index (χ0) is 14.8. The fourth-order valence-corrected chi connectivity index (χ4v) is 3.97. The molecule has 4 nitrogen and oxygen atoms in total. The van der Waals surface area contributed by atoms with Gasteiger partial charge in [0, 0.05) is 23.6 Å². The molecule has 3 rings (SSSR count). The standard InChI is InChI=1S/C16H23BrN2O2.ClH/c1-20-15-7-12(13(17)8-16(15)21-2)10-19-6-4-14-11(9-19)3-5-18-14;/h7-8,11,14,18H,3-6,9-10H2,1-2H3;1H. The van der Waals surface area contributed by atoms with E-state index in [1.165, 1.54) is 31.5 Å². The van der Waals surface area contributed by atoms with E-state index in [-0.39, 0.29) is 12.4 Å². The highest BCUT2D eigenvalue weighted by Crippen LogP contribution is 2.34. The van der Waals surface area contributed by atoms with Crippen molar-refractivity contribution in [1.29, 1.82) is 0 Å². The third kappa shape index (κ3) is 3.70. The highest BCUT2D eigenvalue weighted by molar-refractivity contribution is 9.10. The SMILES string of the molecule is COc1cc(Br)c(CN2CCC3NCCC3C2)cc1OC.Cl. The summed E-state index contributed by atoms with van der Waals surface area (Å²) in [5.41, 5.74) is 1.26. The average Bonchev–Trinajstić information content (AvgIpc) is 2.96. The summed E-state index contributed by atoms with van der Waals surface area (Å²) >= 11 is 3.66. The van der Waals surface area contributed by atoms with Crippen LogP contribution in [0.5, 0.6) is 11.5 Å². The lowest BCUT2D eigenvalue weighted by Gasteiger charge is -2.35. The first-order valence-electron chi connectivity index (χ1n) is 7.57. The molecule has 1 aromatic rings. The van der Waals surface area contributed by atoms with E-state index >= 15 is 0 Å². The number of ether oxygens (including phenoxy) is 2. The maximum absolute atomic E-state index is 5.42. The lowest BCUT2D eigenvalue weighted by molar-refractivity contribution is 0.155. The van der Waals surface area contributed by atoms with Gasteiger partial charge in [0.05, 0.1) is 14.2 Å². The summed E-state index contributed by atoms with van der Waals surface area (Å²) < 4.78 is 11.8. The highest BCUT2D eigenvalue weighted by atomic mass is 79.9. The van der Waals surface area contributed by atoms with Crippen LogP contribution in [0.3, 0.4) is 0 Å². The molecule has 2 aliphatic rings. The quantitative estimate of drug-likeness (QED) is 0.855. The maximum atomic E-state index is 5.42. The Bertz CT molecular complexity index is 515. The molecule has 1 N–H and O–H groups in total. The van der Waals surface area contributed by atoms with Crippen LogP contribution in [0.25, 0.3) is 0 Å². The highest BCUT2D eigenvalue weighted by Gasteiger charge is 2.32. The smallest absolute Gasteiger partial charge is 0.161 e. The molecule has 1 aromatic carbocycles. The number of fused-ring (bicyclic) bond motifs is 1. The van der Waals surface area contributed by atoms with E-state index in [2.05, 4.69) is 32.2 Å². The fourth-order valence-electron chi connectivity index (χ4n) is 3.52. The van der Waals surface area contributed by atoms with E-state index in [0.29, 0.717) is 0 Å². The molecule has 2 heterocycles. The van der Waals surface area contributed by atoms with Crippen LogP contribution < -0.4 is 14.8 Å². The molecule has 0 aliphatic carbocycles. The number of rotatable bonds is 4. The summed E-state index contributed by atoms with van der Waals surface area (Å²) in [5, 5.41) is 3.62. The molecule has 0 aromatic heterocycles. The number of halogens is 2. The lowest BCUT2D eigenvalue weighted by atomic mass is 9.93. The second kappa shape index (κ2) is 7.86. The van der Waals surface area contributed by atoms with Crippen molar-refractivity contribution in [2.45, 2.75) is 25.4 Å². The van der Waals surface area contributed by atoms with Crippen LogP contribution in [0.2, 0.25) is 0 Å². The Morgan fingerprint density at radius 2 is 1.95 bits per heavy atom. The first kappa shape index (κ1) is 17.9. The van der Waals surface area contributed by atoms with Crippen LogP contribution in [0.15, 0.2) is 16.6 Å². The summed E-state index contributed by atoms with van der Waals surface area (Å²) in [5.74, 6) is 2.39. The monoisotopic (exact) mass is 390 g/mol. The number of likely N-dealkylation sites (tertiary alicyclic amines) is 1. The molecule has 6 heteroatoms.